The molecule has 0 aliphatic heterocycles. The third-order valence-corrected chi connectivity index (χ3v) is 3.40. The van der Waals surface area contributed by atoms with Gasteiger partial charge in [-0.15, -0.1) is 0 Å². The van der Waals surface area contributed by atoms with Gasteiger partial charge in [-0.25, -0.2) is 0 Å². The summed E-state index contributed by atoms with van der Waals surface area (Å²) < 4.78 is 2.04. The number of allylic oxidation sites excluding steroid dienone is 5. The van der Waals surface area contributed by atoms with Crippen molar-refractivity contribution >= 4 is 22.6 Å². The smallest absolute Gasteiger partial charge is 0.0104 e. The third-order valence-electron chi connectivity index (χ3n) is 2.99. The minimum atomic E-state index is 0.373. The Labute approximate surface area is 101 Å². The van der Waals surface area contributed by atoms with Crippen LogP contribution in [0.3, 0.4) is 0 Å². The van der Waals surface area contributed by atoms with Crippen LogP contribution in [0.4, 0.5) is 0 Å². The SMILES string of the molecule is CC1=C(/C=C/C=C/I)C(C)(C)CCC1. The van der Waals surface area contributed by atoms with Gasteiger partial charge in [0.1, 0.15) is 0 Å². The Hall–Kier alpha value is -0.0500. The summed E-state index contributed by atoms with van der Waals surface area (Å²) in [6, 6.07) is 0. The molecule has 0 nitrogen and oxygen atoms in total. The fraction of sp³-hybridized carbons (Fsp3) is 0.538. The second-order valence-electron chi connectivity index (χ2n) is 4.61. The molecule has 0 amide bonds. The predicted octanol–water partition coefficient (Wildman–Crippen LogP) is 5.02. The Bertz CT molecular complexity index is 280. The van der Waals surface area contributed by atoms with Crippen molar-refractivity contribution in [2.45, 2.75) is 40.0 Å². The van der Waals surface area contributed by atoms with Crippen LogP contribution in [0.1, 0.15) is 40.0 Å². The highest BCUT2D eigenvalue weighted by Crippen LogP contribution is 2.40. The second-order valence-corrected chi connectivity index (χ2v) is 5.33. The van der Waals surface area contributed by atoms with E-state index in [4.69, 9.17) is 0 Å². The van der Waals surface area contributed by atoms with Crippen molar-refractivity contribution in [3.05, 3.63) is 33.5 Å². The van der Waals surface area contributed by atoms with Crippen LogP contribution in [-0.2, 0) is 0 Å². The first-order valence-electron chi connectivity index (χ1n) is 5.21. The highest BCUT2D eigenvalue weighted by Gasteiger charge is 2.26. The zero-order valence-electron chi connectivity index (χ0n) is 9.31. The predicted molar refractivity (Wildman–Crippen MR) is 72.6 cm³/mol. The second kappa shape index (κ2) is 5.15. The molecular weight excluding hydrogens is 283 g/mol. The quantitative estimate of drug-likeness (QED) is 0.496. The van der Waals surface area contributed by atoms with Gasteiger partial charge >= 0.3 is 0 Å². The minimum Gasteiger partial charge on any atom is -0.0696 e. The molecule has 0 N–H and O–H groups in total. The van der Waals surface area contributed by atoms with Crippen LogP contribution in [0.5, 0.6) is 0 Å². The summed E-state index contributed by atoms with van der Waals surface area (Å²) in [5.41, 5.74) is 3.48. The summed E-state index contributed by atoms with van der Waals surface area (Å²) in [6.45, 7) is 6.97. The highest BCUT2D eigenvalue weighted by molar-refractivity contribution is 14.1. The molecule has 0 unspecified atom stereocenters. The monoisotopic (exact) mass is 302 g/mol. The normalized spacial score (nSPS) is 22.6. The number of hydrogen-bond donors (Lipinski definition) is 0. The lowest BCUT2D eigenvalue weighted by Crippen LogP contribution is -2.18. The van der Waals surface area contributed by atoms with E-state index >= 15 is 0 Å². The summed E-state index contributed by atoms with van der Waals surface area (Å²) in [5, 5.41) is 0. The van der Waals surface area contributed by atoms with Gasteiger partial charge in [0.05, 0.1) is 0 Å². The number of hydrogen-bond acceptors (Lipinski definition) is 0. The molecule has 0 aromatic carbocycles. The van der Waals surface area contributed by atoms with E-state index in [-0.39, 0.29) is 0 Å². The molecule has 1 aliphatic rings. The molecule has 14 heavy (non-hydrogen) atoms. The number of halogens is 1. The summed E-state index contributed by atoms with van der Waals surface area (Å²) in [6.07, 6.45) is 10.5. The lowest BCUT2D eigenvalue weighted by atomic mass is 9.73. The summed E-state index contributed by atoms with van der Waals surface area (Å²) in [7, 11) is 0. The van der Waals surface area contributed by atoms with Crippen LogP contribution in [0.15, 0.2) is 33.5 Å². The Morgan fingerprint density at radius 3 is 2.57 bits per heavy atom. The Morgan fingerprint density at radius 1 is 1.29 bits per heavy atom. The van der Waals surface area contributed by atoms with Crippen LogP contribution in [0.25, 0.3) is 0 Å². The molecule has 0 spiro atoms. The molecule has 0 atom stereocenters. The fourth-order valence-electron chi connectivity index (χ4n) is 2.20. The van der Waals surface area contributed by atoms with E-state index in [1.165, 1.54) is 19.3 Å². The minimum absolute atomic E-state index is 0.373. The van der Waals surface area contributed by atoms with E-state index in [9.17, 15) is 0 Å². The highest BCUT2D eigenvalue weighted by atomic mass is 127. The van der Waals surface area contributed by atoms with Crippen molar-refractivity contribution in [1.29, 1.82) is 0 Å². The maximum absolute atomic E-state index is 2.35. The Balaban J connectivity index is 2.90. The average Bonchev–Trinajstić information content (AvgIpc) is 2.09. The standard InChI is InChI=1S/C13H19I/c1-11-7-6-9-13(2,3)12(11)8-4-5-10-14/h4-5,8,10H,6-7,9H2,1-3H3/b8-4+,10-5+. The molecule has 1 aliphatic carbocycles. The van der Waals surface area contributed by atoms with Crippen LogP contribution in [0, 0.1) is 5.41 Å². The van der Waals surface area contributed by atoms with E-state index in [1.54, 1.807) is 11.1 Å². The molecule has 0 heterocycles. The van der Waals surface area contributed by atoms with Crippen molar-refractivity contribution in [2.24, 2.45) is 5.41 Å². The van der Waals surface area contributed by atoms with E-state index in [0.717, 1.165) is 0 Å². The molecule has 0 bridgehead atoms. The van der Waals surface area contributed by atoms with Crippen LogP contribution < -0.4 is 0 Å². The summed E-state index contributed by atoms with van der Waals surface area (Å²) >= 11 is 2.25. The van der Waals surface area contributed by atoms with Crippen LogP contribution >= 0.6 is 22.6 Å². The third kappa shape index (κ3) is 2.97. The van der Waals surface area contributed by atoms with Gasteiger partial charge in [-0.05, 0) is 41.3 Å². The molecule has 0 saturated carbocycles. The van der Waals surface area contributed by atoms with Gasteiger partial charge in [0.25, 0.3) is 0 Å². The first-order valence-corrected chi connectivity index (χ1v) is 6.46. The van der Waals surface area contributed by atoms with E-state index < -0.39 is 0 Å². The van der Waals surface area contributed by atoms with Gasteiger partial charge in [0.2, 0.25) is 0 Å². The van der Waals surface area contributed by atoms with Crippen molar-refractivity contribution in [3.63, 3.8) is 0 Å². The van der Waals surface area contributed by atoms with Crippen LogP contribution in [0.2, 0.25) is 0 Å². The van der Waals surface area contributed by atoms with Gasteiger partial charge < -0.3 is 0 Å². The topological polar surface area (TPSA) is 0 Å². The largest absolute Gasteiger partial charge is 0.0696 e. The van der Waals surface area contributed by atoms with Crippen molar-refractivity contribution in [1.82, 2.24) is 0 Å². The lowest BCUT2D eigenvalue weighted by molar-refractivity contribution is 0.377. The fourth-order valence-corrected chi connectivity index (χ4v) is 2.44. The van der Waals surface area contributed by atoms with E-state index in [2.05, 4.69) is 61.6 Å². The van der Waals surface area contributed by atoms with E-state index in [0.29, 0.717) is 5.41 Å². The molecule has 0 radical (unpaired) electrons. The van der Waals surface area contributed by atoms with Gasteiger partial charge in [0.15, 0.2) is 0 Å². The molecule has 1 heteroatoms. The summed E-state index contributed by atoms with van der Waals surface area (Å²) in [4.78, 5) is 0. The van der Waals surface area contributed by atoms with E-state index in [1.807, 2.05) is 4.08 Å². The molecule has 0 aromatic heterocycles. The average molecular weight is 302 g/mol. The maximum atomic E-state index is 2.35. The first-order chi connectivity index (χ1) is 6.58. The first kappa shape index (κ1) is 12.0. The van der Waals surface area contributed by atoms with Gasteiger partial charge in [-0.2, -0.15) is 0 Å². The van der Waals surface area contributed by atoms with Crippen LogP contribution in [-0.4, -0.2) is 0 Å². The molecule has 78 valence electrons. The molecular formula is C13H19I. The molecule has 0 saturated heterocycles. The van der Waals surface area contributed by atoms with Crippen molar-refractivity contribution in [3.8, 4) is 0 Å². The lowest BCUT2D eigenvalue weighted by Gasteiger charge is -2.32. The maximum Gasteiger partial charge on any atom is -0.0104 e. The van der Waals surface area contributed by atoms with Gasteiger partial charge in [-0.1, -0.05) is 60.2 Å². The number of rotatable bonds is 2. The molecule has 0 fully saturated rings. The zero-order chi connectivity index (χ0) is 10.6. The van der Waals surface area contributed by atoms with Gasteiger partial charge in [-0.3, -0.25) is 0 Å². The van der Waals surface area contributed by atoms with Crippen molar-refractivity contribution < 1.29 is 0 Å². The Kier molecular flexibility index (Phi) is 4.42. The molecule has 1 rings (SSSR count). The summed E-state index contributed by atoms with van der Waals surface area (Å²) in [5.74, 6) is 0. The Morgan fingerprint density at radius 2 is 2.00 bits per heavy atom. The molecule has 0 aromatic rings. The van der Waals surface area contributed by atoms with Gasteiger partial charge in [0, 0.05) is 0 Å². The van der Waals surface area contributed by atoms with Crippen molar-refractivity contribution in [2.75, 3.05) is 0 Å². The zero-order valence-corrected chi connectivity index (χ0v) is 11.5.